The van der Waals surface area contributed by atoms with E-state index in [-0.39, 0.29) is 0 Å². The molecule has 0 amide bonds. The molecule has 3 rings (SSSR count). The van der Waals surface area contributed by atoms with Crippen LogP contribution in [0.15, 0.2) is 48.5 Å². The van der Waals surface area contributed by atoms with E-state index in [9.17, 15) is 0 Å². The number of aromatic nitrogens is 2. The molecule has 2 aromatic carbocycles. The first-order valence-electron chi connectivity index (χ1n) is 7.69. The average molecular weight is 280 g/mol. The molecule has 0 N–H and O–H groups in total. The quantitative estimate of drug-likeness (QED) is 0.615. The lowest BCUT2D eigenvalue weighted by Gasteiger charge is -2.04. The Kier molecular flexibility index (Phi) is 4.79. The summed E-state index contributed by atoms with van der Waals surface area (Å²) in [5.74, 6) is 0.440. The summed E-state index contributed by atoms with van der Waals surface area (Å²) in [6.45, 7) is 8.38. The van der Waals surface area contributed by atoms with Gasteiger partial charge in [-0.2, -0.15) is 5.10 Å². The van der Waals surface area contributed by atoms with Gasteiger partial charge in [0.15, 0.2) is 0 Å². The van der Waals surface area contributed by atoms with Crippen molar-refractivity contribution >= 4 is 10.9 Å². The molecule has 2 nitrogen and oxygen atoms in total. The van der Waals surface area contributed by atoms with Gasteiger partial charge in [0.25, 0.3) is 0 Å². The molecular formula is C19H24N2. The summed E-state index contributed by atoms with van der Waals surface area (Å²) in [6.07, 6.45) is 0. The van der Waals surface area contributed by atoms with Crippen molar-refractivity contribution in [3.05, 3.63) is 54.2 Å². The van der Waals surface area contributed by atoms with E-state index in [1.807, 2.05) is 31.6 Å². The van der Waals surface area contributed by atoms with Crippen LogP contribution < -0.4 is 0 Å². The van der Waals surface area contributed by atoms with E-state index in [1.54, 1.807) is 0 Å². The molecule has 0 atom stereocenters. The maximum Gasteiger partial charge on any atom is 0.0728 e. The van der Waals surface area contributed by atoms with Crippen molar-refractivity contribution in [1.29, 1.82) is 0 Å². The van der Waals surface area contributed by atoms with Crippen molar-refractivity contribution < 1.29 is 0 Å². The van der Waals surface area contributed by atoms with Crippen molar-refractivity contribution in [1.82, 2.24) is 9.78 Å². The van der Waals surface area contributed by atoms with Crippen LogP contribution in [0.2, 0.25) is 0 Å². The van der Waals surface area contributed by atoms with Gasteiger partial charge in [-0.25, -0.2) is 0 Å². The second-order valence-corrected chi connectivity index (χ2v) is 5.26. The highest BCUT2D eigenvalue weighted by Crippen LogP contribution is 2.29. The normalized spacial score (nSPS) is 10.6. The lowest BCUT2D eigenvalue weighted by atomic mass is 10.0. The largest absolute Gasteiger partial charge is 0.268 e. The fourth-order valence-corrected chi connectivity index (χ4v) is 2.53. The summed E-state index contributed by atoms with van der Waals surface area (Å²) in [7, 11) is 2.01. The average Bonchev–Trinajstić information content (AvgIpc) is 2.87. The second-order valence-electron chi connectivity index (χ2n) is 5.26. The number of hydrogen-bond donors (Lipinski definition) is 0. The molecule has 3 aromatic rings. The first kappa shape index (κ1) is 15.3. The first-order valence-corrected chi connectivity index (χ1v) is 7.69. The van der Waals surface area contributed by atoms with Crippen LogP contribution in [0.5, 0.6) is 0 Å². The minimum absolute atomic E-state index is 0.440. The Morgan fingerprint density at radius 3 is 2.19 bits per heavy atom. The van der Waals surface area contributed by atoms with Crippen molar-refractivity contribution in [2.45, 2.75) is 33.6 Å². The van der Waals surface area contributed by atoms with Crippen LogP contribution in [-0.4, -0.2) is 9.78 Å². The summed E-state index contributed by atoms with van der Waals surface area (Å²) in [6, 6.07) is 17.1. The van der Waals surface area contributed by atoms with Gasteiger partial charge in [0.2, 0.25) is 0 Å². The van der Waals surface area contributed by atoms with Gasteiger partial charge < -0.3 is 0 Å². The molecule has 110 valence electrons. The molecule has 0 unspecified atom stereocenters. The van der Waals surface area contributed by atoms with Gasteiger partial charge in [-0.15, -0.1) is 0 Å². The van der Waals surface area contributed by atoms with Gasteiger partial charge in [0, 0.05) is 12.4 Å². The van der Waals surface area contributed by atoms with Gasteiger partial charge >= 0.3 is 0 Å². The van der Waals surface area contributed by atoms with E-state index in [0.29, 0.717) is 5.92 Å². The SMILES string of the molecule is CC.CC(C)c1nn(C)c2ccc(-c3ccccc3)cc12. The summed E-state index contributed by atoms with van der Waals surface area (Å²) < 4.78 is 1.97. The molecule has 0 fully saturated rings. The Bertz CT molecular complexity index is 709. The fraction of sp³-hybridized carbons (Fsp3) is 0.316. The molecule has 2 heteroatoms. The molecule has 0 aliphatic carbocycles. The Morgan fingerprint density at radius 2 is 1.57 bits per heavy atom. The lowest BCUT2D eigenvalue weighted by Crippen LogP contribution is -1.92. The zero-order valence-electron chi connectivity index (χ0n) is 13.6. The highest BCUT2D eigenvalue weighted by Gasteiger charge is 2.12. The zero-order chi connectivity index (χ0) is 15.4. The number of fused-ring (bicyclic) bond motifs is 1. The van der Waals surface area contributed by atoms with Crippen molar-refractivity contribution in [3.63, 3.8) is 0 Å². The summed E-state index contributed by atoms with van der Waals surface area (Å²) in [5, 5.41) is 5.90. The molecule has 0 aliphatic heterocycles. The number of nitrogens with zero attached hydrogens (tertiary/aromatic N) is 2. The van der Waals surface area contributed by atoms with E-state index < -0.39 is 0 Å². The number of hydrogen-bond acceptors (Lipinski definition) is 1. The summed E-state index contributed by atoms with van der Waals surface area (Å²) in [5.41, 5.74) is 4.88. The minimum Gasteiger partial charge on any atom is -0.268 e. The molecule has 0 aliphatic rings. The highest BCUT2D eigenvalue weighted by atomic mass is 15.3. The highest BCUT2D eigenvalue weighted by molar-refractivity contribution is 5.87. The van der Waals surface area contributed by atoms with Crippen molar-refractivity contribution in [3.8, 4) is 11.1 Å². The molecule has 0 bridgehead atoms. The molecule has 0 saturated heterocycles. The van der Waals surface area contributed by atoms with Gasteiger partial charge in [0.05, 0.1) is 11.2 Å². The Hall–Kier alpha value is -2.09. The molecule has 0 radical (unpaired) electrons. The van der Waals surface area contributed by atoms with E-state index in [4.69, 9.17) is 0 Å². The lowest BCUT2D eigenvalue weighted by molar-refractivity contribution is 0.729. The minimum atomic E-state index is 0.440. The van der Waals surface area contributed by atoms with E-state index >= 15 is 0 Å². The van der Waals surface area contributed by atoms with Gasteiger partial charge in [-0.1, -0.05) is 64.1 Å². The third kappa shape index (κ3) is 2.99. The maximum atomic E-state index is 4.64. The van der Waals surface area contributed by atoms with Crippen molar-refractivity contribution in [2.24, 2.45) is 7.05 Å². The molecule has 21 heavy (non-hydrogen) atoms. The number of aryl methyl sites for hydroxylation is 1. The Balaban J connectivity index is 0.000000774. The fourth-order valence-electron chi connectivity index (χ4n) is 2.53. The third-order valence-electron chi connectivity index (χ3n) is 3.53. The predicted molar refractivity (Wildman–Crippen MR) is 91.6 cm³/mol. The molecule has 0 saturated carbocycles. The molecule has 1 heterocycles. The first-order chi connectivity index (χ1) is 10.2. The molecule has 1 aromatic heterocycles. The number of rotatable bonds is 2. The molecule has 0 spiro atoms. The predicted octanol–water partition coefficient (Wildman–Crippen LogP) is 5.39. The van der Waals surface area contributed by atoms with E-state index in [2.05, 4.69) is 61.4 Å². The third-order valence-corrected chi connectivity index (χ3v) is 3.53. The Morgan fingerprint density at radius 1 is 0.905 bits per heavy atom. The van der Waals surface area contributed by atoms with Gasteiger partial charge in [0.1, 0.15) is 0 Å². The second kappa shape index (κ2) is 6.57. The van der Waals surface area contributed by atoms with Crippen LogP contribution in [0.25, 0.3) is 22.0 Å². The maximum absolute atomic E-state index is 4.64. The topological polar surface area (TPSA) is 17.8 Å². The van der Waals surface area contributed by atoms with Crippen LogP contribution >= 0.6 is 0 Å². The van der Waals surface area contributed by atoms with Crippen LogP contribution in [0.4, 0.5) is 0 Å². The summed E-state index contributed by atoms with van der Waals surface area (Å²) in [4.78, 5) is 0. The zero-order valence-corrected chi connectivity index (χ0v) is 13.6. The summed E-state index contributed by atoms with van der Waals surface area (Å²) >= 11 is 0. The number of benzene rings is 2. The van der Waals surface area contributed by atoms with Crippen LogP contribution in [0.1, 0.15) is 39.3 Å². The van der Waals surface area contributed by atoms with Crippen LogP contribution in [0, 0.1) is 0 Å². The standard InChI is InChI=1S/C17H18N2.C2H6/c1-12(2)17-15-11-14(13-7-5-4-6-8-13)9-10-16(15)19(3)18-17;1-2/h4-12H,1-3H3;1-2H3. The van der Waals surface area contributed by atoms with E-state index in [0.717, 1.165) is 0 Å². The molecular weight excluding hydrogens is 256 g/mol. The van der Waals surface area contributed by atoms with Crippen molar-refractivity contribution in [2.75, 3.05) is 0 Å². The van der Waals surface area contributed by atoms with Gasteiger partial charge in [-0.05, 0) is 29.2 Å². The van der Waals surface area contributed by atoms with E-state index in [1.165, 1.54) is 27.7 Å². The smallest absolute Gasteiger partial charge is 0.0728 e. The van der Waals surface area contributed by atoms with Gasteiger partial charge in [-0.3, -0.25) is 4.68 Å². The monoisotopic (exact) mass is 280 g/mol. The van der Waals surface area contributed by atoms with Crippen LogP contribution in [0.3, 0.4) is 0 Å². The Labute approximate surface area is 127 Å². The van der Waals surface area contributed by atoms with Crippen LogP contribution in [-0.2, 0) is 7.05 Å².